The molecule has 0 radical (unpaired) electrons. The summed E-state index contributed by atoms with van der Waals surface area (Å²) in [4.78, 5) is 36.6. The molecule has 134 heavy (non-hydrogen) atoms. The van der Waals surface area contributed by atoms with E-state index in [1.807, 2.05) is 87.7 Å². The Labute approximate surface area is 831 Å². The van der Waals surface area contributed by atoms with Crippen molar-refractivity contribution in [1.82, 2.24) is 35.0 Å². The fourth-order valence-electron chi connectivity index (χ4n) is 15.0. The van der Waals surface area contributed by atoms with Gasteiger partial charge in [0, 0.05) is 71.2 Å². The summed E-state index contributed by atoms with van der Waals surface area (Å²) in [7, 11) is -1.37. The van der Waals surface area contributed by atoms with Crippen LogP contribution in [0.4, 0.5) is 11.4 Å². The van der Waals surface area contributed by atoms with Gasteiger partial charge in [-0.3, -0.25) is 33.8 Å². The van der Waals surface area contributed by atoms with E-state index in [4.69, 9.17) is 55.2 Å². The van der Waals surface area contributed by atoms with Crippen molar-refractivity contribution in [3.63, 3.8) is 0 Å². The van der Waals surface area contributed by atoms with Gasteiger partial charge in [-0.25, -0.2) is 5.84 Å². The molecule has 0 aliphatic carbocycles. The fourth-order valence-corrected chi connectivity index (χ4v) is 16.1. The lowest BCUT2D eigenvalue weighted by Crippen LogP contribution is -2.29. The monoisotopic (exact) mass is 1980 g/mol. The van der Waals surface area contributed by atoms with Crippen molar-refractivity contribution in [2.24, 2.45) is 16.7 Å². The maximum atomic E-state index is 12.4. The van der Waals surface area contributed by atoms with Crippen molar-refractivity contribution >= 4 is 96.1 Å². The lowest BCUT2D eigenvalue weighted by atomic mass is 9.78. The molecule has 0 bridgehead atoms. The summed E-state index contributed by atoms with van der Waals surface area (Å²) in [6.45, 7) is 59.9. The van der Waals surface area contributed by atoms with Gasteiger partial charge in [-0.15, -0.1) is 20.4 Å². The van der Waals surface area contributed by atoms with Crippen LogP contribution in [0.2, 0.25) is 0 Å². The number of hydrogen-bond acceptors (Lipinski definition) is 12. The van der Waals surface area contributed by atoms with Crippen molar-refractivity contribution in [3.8, 4) is 45.3 Å². The van der Waals surface area contributed by atoms with E-state index in [2.05, 4.69) is 350 Å². The highest BCUT2D eigenvalue weighted by Crippen LogP contribution is 2.39. The maximum Gasteiger partial charge on any atom is 0.488 e. The number of benzene rings is 10. The third-order valence-electron chi connectivity index (χ3n) is 24.0. The van der Waals surface area contributed by atoms with E-state index in [9.17, 15) is 14.4 Å². The van der Waals surface area contributed by atoms with Crippen LogP contribution >= 0.6 is 55.2 Å². The molecular formula is C114H153BBr2Cl2N10O5. The first-order valence-electron chi connectivity index (χ1n) is 47.1. The maximum absolute atomic E-state index is 12.4. The minimum Gasteiger partial charge on any atom is -0.423 e. The molecule has 8 N–H and O–H groups in total. The Hall–Kier alpha value is -9.63. The van der Waals surface area contributed by atoms with E-state index in [1.165, 1.54) is 104 Å². The minimum atomic E-state index is -1.37. The average Bonchev–Trinajstić information content (AvgIpc) is 1.59. The van der Waals surface area contributed by atoms with E-state index in [0.29, 0.717) is 23.2 Å². The molecule has 10 aromatic carbocycles. The van der Waals surface area contributed by atoms with E-state index in [0.717, 1.165) is 123 Å². The van der Waals surface area contributed by atoms with Crippen molar-refractivity contribution in [3.05, 3.63) is 311 Å². The number of carbonyl (C=O) groups excluding carboxylic acids is 3. The predicted octanol–water partition coefficient (Wildman–Crippen LogP) is 29.8. The summed E-state index contributed by atoms with van der Waals surface area (Å²) < 4.78 is 6.46. The number of nitrogens with two attached hydrogens (primary N) is 2. The van der Waals surface area contributed by atoms with Crippen LogP contribution < -0.4 is 27.3 Å². The van der Waals surface area contributed by atoms with E-state index >= 15 is 0 Å². The number of amides is 1. The molecule has 0 fully saturated rings. The largest absolute Gasteiger partial charge is 0.488 e. The topological polar surface area (TPSA) is 229 Å². The van der Waals surface area contributed by atoms with Gasteiger partial charge >= 0.3 is 7.12 Å². The van der Waals surface area contributed by atoms with Gasteiger partial charge in [0.15, 0.2) is 11.6 Å². The summed E-state index contributed by atoms with van der Waals surface area (Å²) in [6, 6.07) is 71.9. The lowest BCUT2D eigenvalue weighted by Gasteiger charge is -2.25. The zero-order valence-corrected chi connectivity index (χ0v) is 90.1. The number of carbonyl (C=O) groups is 3. The molecular weight excluding hydrogens is 1830 g/mol. The number of nitrogens with one attached hydrogen (secondary N) is 2. The number of unbranched alkanes of at least 4 members (excludes halogenated alkanes) is 4. The number of nitrogen functional groups attached to an aromatic ring is 2. The van der Waals surface area contributed by atoms with E-state index < -0.39 is 7.12 Å². The number of nitrogens with zero attached hydrogens (tertiary/aromatic N) is 6. The van der Waals surface area contributed by atoms with Crippen molar-refractivity contribution in [1.29, 1.82) is 0 Å². The fraction of sp³-hybridized carbons (Fsp3) is 0.412. The second-order valence-electron chi connectivity index (χ2n) is 40.1. The molecule has 0 aliphatic rings. The highest BCUT2D eigenvalue weighted by atomic mass is 79.9. The predicted molar refractivity (Wildman–Crippen MR) is 578 cm³/mol. The summed E-state index contributed by atoms with van der Waals surface area (Å²) in [5, 5.41) is 36.4. The summed E-state index contributed by atoms with van der Waals surface area (Å²) in [5.74, 6) is 8.86. The minimum absolute atomic E-state index is 0.0510. The van der Waals surface area contributed by atoms with Crippen LogP contribution in [0, 0.1) is 80.1 Å². The van der Waals surface area contributed by atoms with Gasteiger partial charge in [0.1, 0.15) is 17.4 Å². The van der Waals surface area contributed by atoms with Crippen molar-refractivity contribution in [2.45, 2.75) is 299 Å². The third kappa shape index (κ3) is 36.1. The van der Waals surface area contributed by atoms with Crippen molar-refractivity contribution in [2.75, 3.05) is 10.6 Å². The first-order valence-corrected chi connectivity index (χ1v) is 49.5. The molecule has 720 valence electrons. The summed E-state index contributed by atoms with van der Waals surface area (Å²) >= 11 is 17.6. The molecule has 1 amide bonds. The number of aryl methyl sites for hydroxylation is 10. The van der Waals surface area contributed by atoms with Crippen LogP contribution in [0.25, 0.3) is 45.3 Å². The van der Waals surface area contributed by atoms with Gasteiger partial charge in [0.25, 0.3) is 5.91 Å². The molecule has 0 unspecified atom stereocenters. The SMILES string of the molecule is CC(C)(C)c1ccc(B(O)O)cc1.CCCCC(C)(C)C(=O)Cc1ccc(C)cc1C.CCCCC(C)(C)C(=O)Cl.CCCCC(C)(C)c1nnc(-c2cccc(-c3ccc(C(C)(C)C)cc3)c2)n1-c1ccc(C)cc1C.CCCCC(C)(C)c1nnc(-c2cccc(Br)c2)n1-c1ccc(C)cc1C.Cc1ccc(N)c(C)c1.Cc1ccc(NCl)c(C)c1.NNC(=O)c1cccc(Br)c1. The lowest BCUT2D eigenvalue weighted by molar-refractivity contribution is -0.126. The van der Waals surface area contributed by atoms with Gasteiger partial charge < -0.3 is 15.8 Å². The van der Waals surface area contributed by atoms with Gasteiger partial charge in [0.2, 0.25) is 5.24 Å². The zero-order chi connectivity index (χ0) is 100. The van der Waals surface area contributed by atoms with Gasteiger partial charge in [-0.2, -0.15) is 0 Å². The van der Waals surface area contributed by atoms with Gasteiger partial charge in [-0.1, -0.05) is 387 Å². The van der Waals surface area contributed by atoms with E-state index in [1.54, 1.807) is 30.3 Å². The number of hydrogen-bond donors (Lipinski definition) is 6. The third-order valence-corrected chi connectivity index (χ3v) is 25.7. The quantitative estimate of drug-likeness (QED) is 0.00566. The zero-order valence-electron chi connectivity index (χ0n) is 85.4. The van der Waals surface area contributed by atoms with Gasteiger partial charge in [-0.05, 0) is 239 Å². The van der Waals surface area contributed by atoms with Crippen LogP contribution in [0.15, 0.2) is 221 Å². The molecule has 0 saturated carbocycles. The Morgan fingerprint density at radius 1 is 0.418 bits per heavy atom. The number of hydrazine groups is 1. The van der Waals surface area contributed by atoms with Crippen LogP contribution in [0.1, 0.15) is 296 Å². The first kappa shape index (κ1) is 115. The number of aromatic nitrogens is 6. The van der Waals surface area contributed by atoms with Crippen LogP contribution in [0.5, 0.6) is 0 Å². The molecule has 2 heterocycles. The van der Waals surface area contributed by atoms with Crippen LogP contribution in [-0.4, -0.2) is 63.6 Å². The second-order valence-corrected chi connectivity index (χ2v) is 42.5. The number of Topliss-reactive ketones (excluding diaryl/α,β-unsaturated/α-hetero) is 1. The highest BCUT2D eigenvalue weighted by Gasteiger charge is 2.33. The smallest absolute Gasteiger partial charge is 0.423 e. The van der Waals surface area contributed by atoms with E-state index in [-0.39, 0.29) is 43.6 Å². The Kier molecular flexibility index (Phi) is 46.1. The van der Waals surface area contributed by atoms with Crippen LogP contribution in [-0.2, 0) is 37.7 Å². The molecule has 0 saturated heterocycles. The Morgan fingerprint density at radius 2 is 0.806 bits per heavy atom. The summed E-state index contributed by atoms with van der Waals surface area (Å²) in [6.07, 6.45) is 13.8. The normalized spacial score (nSPS) is 11.3. The Morgan fingerprint density at radius 3 is 1.20 bits per heavy atom. The standard InChI is InChI=1S/C33H41N3.C23H28BrN3.C17H26O.C10H15BO2.C8H10ClN.C8H15ClO.C8H11N.C7H7BrN2O/c1-9-10-20-33(7,8)31-35-34-30(36(31)29-19-14-23(2)21-24(29)3)27-13-11-12-26(22-27)25-15-17-28(18-16-25)32(4,5)6;1-6-7-13-23(4,5)22-26-25-21(18-9-8-10-19(24)15-18)27(22)20-12-11-16(2)14-17(20)3;1-6-7-10-17(4,5)16(18)12-15-9-8-13(2)11-14(15)3;1-10(2,3)8-4-6-9(7-5-8)11(12)13;1-6-3-4-8(10-9)7(2)5-6;1-4-5-6-8(2,3)7(9)10;1-6-3-4-8(9)7(2)5-6;8-6-3-1-2-5(4-6)7(11)10-9/h11-19,21-22H,9-10,20H2,1-8H3;8-12,14-15H,6-7,13H2,1-5H3;8-9,11H,6-7,10,12H2,1-5H3;4-7,12-13H,1-3H3;3-5,10H,1-2H3;4-6H2,1-3H3;3-5H,9H2,1-2H3;1-4H,9H2,(H,10,11). The second kappa shape index (κ2) is 53.8. The number of anilines is 2. The number of rotatable bonds is 26. The first-order chi connectivity index (χ1) is 62.8. The number of halogens is 4. The molecule has 2 aromatic heterocycles. The molecule has 20 heteroatoms. The molecule has 0 atom stereocenters. The number of ketones is 1. The van der Waals surface area contributed by atoms with Gasteiger partial charge in [0.05, 0.1) is 17.1 Å². The molecule has 12 rings (SSSR count). The molecule has 15 nitrogen and oxygen atoms in total. The van der Waals surface area contributed by atoms with Crippen LogP contribution in [0.3, 0.4) is 0 Å². The van der Waals surface area contributed by atoms with Crippen molar-refractivity contribution < 1.29 is 24.4 Å². The summed E-state index contributed by atoms with van der Waals surface area (Å²) in [5.41, 5.74) is 33.1. The highest BCUT2D eigenvalue weighted by molar-refractivity contribution is 9.10. The Balaban J connectivity index is 0.000000287. The average molecular weight is 1990 g/mol. The molecule has 0 aliphatic heterocycles. The Bertz CT molecular complexity index is 5730. The molecule has 12 aromatic rings. The molecule has 0 spiro atoms.